The van der Waals surface area contributed by atoms with Crippen LogP contribution in [0, 0.1) is 0 Å². The lowest BCUT2D eigenvalue weighted by atomic mass is 10.0. The van der Waals surface area contributed by atoms with Gasteiger partial charge in [0.1, 0.15) is 5.56 Å². The second kappa shape index (κ2) is 6.88. The molecule has 5 rings (SSSR count). The first-order chi connectivity index (χ1) is 14.1. The number of H-pyrrole nitrogens is 1. The number of nitrogens with zero attached hydrogens (tertiary/aromatic N) is 2. The molecule has 2 aromatic heterocycles. The van der Waals surface area contributed by atoms with Gasteiger partial charge in [-0.2, -0.15) is 0 Å². The second-order valence-corrected chi connectivity index (χ2v) is 8.11. The van der Waals surface area contributed by atoms with Crippen LogP contribution >= 0.6 is 0 Å². The van der Waals surface area contributed by atoms with Gasteiger partial charge >= 0.3 is 5.97 Å². The zero-order valence-electron chi connectivity index (χ0n) is 16.6. The van der Waals surface area contributed by atoms with Crippen LogP contribution in [-0.2, 0) is 13.0 Å². The third kappa shape index (κ3) is 2.90. The van der Waals surface area contributed by atoms with Gasteiger partial charge in [0.05, 0.1) is 11.7 Å². The molecule has 6 nitrogen and oxygen atoms in total. The average molecular weight is 391 g/mol. The summed E-state index contributed by atoms with van der Waals surface area (Å²) in [6, 6.07) is 10.6. The smallest absolute Gasteiger partial charge is 0.341 e. The van der Waals surface area contributed by atoms with Gasteiger partial charge in [-0.05, 0) is 74.2 Å². The van der Waals surface area contributed by atoms with Gasteiger partial charge in [0.2, 0.25) is 0 Å². The minimum atomic E-state index is -1.19. The highest BCUT2D eigenvalue weighted by atomic mass is 16.4. The number of aromatic amines is 1. The summed E-state index contributed by atoms with van der Waals surface area (Å²) in [6.45, 7) is 5.39. The van der Waals surface area contributed by atoms with Gasteiger partial charge in [0.25, 0.3) is 5.56 Å². The molecule has 0 bridgehead atoms. The van der Waals surface area contributed by atoms with Crippen molar-refractivity contribution in [1.29, 1.82) is 0 Å². The Labute approximate surface area is 168 Å². The van der Waals surface area contributed by atoms with Crippen LogP contribution in [0.4, 0.5) is 0 Å². The molecule has 29 heavy (non-hydrogen) atoms. The van der Waals surface area contributed by atoms with Gasteiger partial charge in [-0.3, -0.25) is 9.69 Å². The molecular formula is C23H25N3O3. The van der Waals surface area contributed by atoms with Crippen molar-refractivity contribution in [3.05, 3.63) is 57.5 Å². The van der Waals surface area contributed by atoms with Gasteiger partial charge in [-0.1, -0.05) is 13.0 Å². The number of fused-ring (bicyclic) bond motifs is 3. The standard InChI is InChI=1S/C23H25N3O3/c1-2-14-12-17(23(28)29)22(27)24-21(14)15-5-6-18-16(11-15)13-20-19(7-10-26(18)20)25-8-3-4-9-25/h5-6,11-13,19H,2-4,7-10H2,1H3,(H,24,27)(H,28,29). The van der Waals surface area contributed by atoms with Crippen molar-refractivity contribution < 1.29 is 9.90 Å². The van der Waals surface area contributed by atoms with Gasteiger partial charge in [-0.15, -0.1) is 0 Å². The van der Waals surface area contributed by atoms with E-state index in [9.17, 15) is 14.7 Å². The van der Waals surface area contributed by atoms with E-state index in [1.165, 1.54) is 55.0 Å². The Morgan fingerprint density at radius 1 is 1.17 bits per heavy atom. The van der Waals surface area contributed by atoms with Crippen molar-refractivity contribution in [3.63, 3.8) is 0 Å². The molecule has 6 heteroatoms. The first-order valence-electron chi connectivity index (χ1n) is 10.4. The van der Waals surface area contributed by atoms with Crippen LogP contribution in [0.5, 0.6) is 0 Å². The number of carbonyl (C=O) groups is 1. The molecule has 1 saturated heterocycles. The topological polar surface area (TPSA) is 78.3 Å². The molecule has 0 amide bonds. The first-order valence-corrected chi connectivity index (χ1v) is 10.4. The lowest BCUT2D eigenvalue weighted by Gasteiger charge is -2.22. The van der Waals surface area contributed by atoms with Crippen LogP contribution in [-0.4, -0.2) is 38.6 Å². The summed E-state index contributed by atoms with van der Waals surface area (Å²) < 4.78 is 2.43. The Kier molecular flexibility index (Phi) is 4.32. The predicted octanol–water partition coefficient (Wildman–Crippen LogP) is 3.80. The monoisotopic (exact) mass is 391 g/mol. The van der Waals surface area contributed by atoms with Gasteiger partial charge < -0.3 is 14.7 Å². The van der Waals surface area contributed by atoms with Crippen molar-refractivity contribution in [1.82, 2.24) is 14.5 Å². The molecule has 2 aliphatic rings. The normalized spacial score (nSPS) is 19.1. The fourth-order valence-electron chi connectivity index (χ4n) is 5.06. The maximum absolute atomic E-state index is 12.2. The van der Waals surface area contributed by atoms with Crippen molar-refractivity contribution >= 4 is 16.9 Å². The molecule has 2 aliphatic heterocycles. The largest absolute Gasteiger partial charge is 0.477 e. The highest BCUT2D eigenvalue weighted by Crippen LogP contribution is 2.39. The number of nitrogens with one attached hydrogen (secondary N) is 1. The number of carboxylic acids is 1. The summed E-state index contributed by atoms with van der Waals surface area (Å²) >= 11 is 0. The van der Waals surface area contributed by atoms with E-state index in [1.54, 1.807) is 0 Å². The van der Waals surface area contributed by atoms with E-state index in [-0.39, 0.29) is 5.56 Å². The van der Waals surface area contributed by atoms with Crippen molar-refractivity contribution in [2.45, 2.75) is 45.2 Å². The van der Waals surface area contributed by atoms with E-state index in [4.69, 9.17) is 0 Å². The van der Waals surface area contributed by atoms with Crippen LogP contribution < -0.4 is 5.56 Å². The zero-order chi connectivity index (χ0) is 20.1. The van der Waals surface area contributed by atoms with Gasteiger partial charge in [0.15, 0.2) is 0 Å². The minimum Gasteiger partial charge on any atom is -0.477 e. The molecule has 0 spiro atoms. The van der Waals surface area contributed by atoms with Crippen molar-refractivity contribution in [3.8, 4) is 11.3 Å². The molecule has 1 aromatic carbocycles. The van der Waals surface area contributed by atoms with Crippen molar-refractivity contribution in [2.24, 2.45) is 0 Å². The van der Waals surface area contributed by atoms with E-state index in [0.717, 1.165) is 17.7 Å². The summed E-state index contributed by atoms with van der Waals surface area (Å²) in [4.78, 5) is 29.0. The number of hydrogen-bond acceptors (Lipinski definition) is 3. The maximum atomic E-state index is 12.2. The number of benzene rings is 1. The zero-order valence-corrected chi connectivity index (χ0v) is 16.6. The van der Waals surface area contributed by atoms with E-state index in [2.05, 4.69) is 32.7 Å². The number of carboxylic acid groups (broad SMARTS) is 1. The highest BCUT2D eigenvalue weighted by Gasteiger charge is 2.31. The molecular weight excluding hydrogens is 366 g/mol. The summed E-state index contributed by atoms with van der Waals surface area (Å²) in [7, 11) is 0. The number of likely N-dealkylation sites (tertiary alicyclic amines) is 1. The first kappa shape index (κ1) is 18.2. The molecule has 1 atom stereocenters. The van der Waals surface area contributed by atoms with Crippen LogP contribution in [0.1, 0.15) is 53.8 Å². The molecule has 2 N–H and O–H groups in total. The van der Waals surface area contributed by atoms with Crippen molar-refractivity contribution in [2.75, 3.05) is 13.1 Å². The molecule has 0 radical (unpaired) electrons. The molecule has 1 fully saturated rings. The van der Waals surface area contributed by atoms with Crippen LogP contribution in [0.25, 0.3) is 22.2 Å². The van der Waals surface area contributed by atoms with E-state index >= 15 is 0 Å². The number of pyridine rings is 1. The van der Waals surface area contributed by atoms with E-state index in [0.29, 0.717) is 18.2 Å². The van der Waals surface area contributed by atoms with Crippen LogP contribution in [0.3, 0.4) is 0 Å². The number of aryl methyl sites for hydroxylation is 2. The summed E-state index contributed by atoms with van der Waals surface area (Å²) in [6.07, 6.45) is 4.41. The lowest BCUT2D eigenvalue weighted by Crippen LogP contribution is -2.23. The van der Waals surface area contributed by atoms with E-state index in [1.807, 2.05) is 13.0 Å². The third-order valence-electron chi connectivity index (χ3n) is 6.51. The Hall–Kier alpha value is -2.86. The Bertz CT molecular complexity index is 1170. The summed E-state index contributed by atoms with van der Waals surface area (Å²) in [5.41, 5.74) is 4.33. The lowest BCUT2D eigenvalue weighted by molar-refractivity contribution is 0.0695. The summed E-state index contributed by atoms with van der Waals surface area (Å²) in [5.74, 6) is -1.19. The minimum absolute atomic E-state index is 0.206. The second-order valence-electron chi connectivity index (χ2n) is 8.11. The number of aromatic carboxylic acids is 1. The third-order valence-corrected chi connectivity index (χ3v) is 6.51. The SMILES string of the molecule is CCc1cc(C(=O)O)c(=O)[nH]c1-c1ccc2c(c1)cc1n2CCC1N1CCCC1. The fourth-order valence-corrected chi connectivity index (χ4v) is 5.06. The average Bonchev–Trinajstić information content (AvgIpc) is 3.43. The molecule has 4 heterocycles. The molecule has 1 unspecified atom stereocenters. The molecule has 150 valence electrons. The Balaban J connectivity index is 1.59. The quantitative estimate of drug-likeness (QED) is 0.709. The molecule has 0 aliphatic carbocycles. The Morgan fingerprint density at radius 2 is 1.97 bits per heavy atom. The van der Waals surface area contributed by atoms with Gasteiger partial charge in [-0.25, -0.2) is 4.79 Å². The fraction of sp³-hybridized carbons (Fsp3) is 0.391. The number of hydrogen-bond donors (Lipinski definition) is 2. The van der Waals surface area contributed by atoms with Gasteiger partial charge in [0, 0.05) is 23.1 Å². The predicted molar refractivity (Wildman–Crippen MR) is 112 cm³/mol. The Morgan fingerprint density at radius 3 is 2.69 bits per heavy atom. The van der Waals surface area contributed by atoms with Crippen LogP contribution in [0.15, 0.2) is 35.1 Å². The van der Waals surface area contributed by atoms with Crippen LogP contribution in [0.2, 0.25) is 0 Å². The maximum Gasteiger partial charge on any atom is 0.341 e. The summed E-state index contributed by atoms with van der Waals surface area (Å²) in [5, 5.41) is 10.4. The number of rotatable bonds is 4. The molecule has 0 saturated carbocycles. The highest BCUT2D eigenvalue weighted by molar-refractivity contribution is 5.89. The molecule has 3 aromatic rings. The van der Waals surface area contributed by atoms with E-state index < -0.39 is 11.5 Å². The number of aromatic nitrogens is 2.